The van der Waals surface area contributed by atoms with Crippen molar-refractivity contribution in [2.75, 3.05) is 38.2 Å². The lowest BCUT2D eigenvalue weighted by Gasteiger charge is -2.43. The number of carbonyl (C=O) groups excluding carboxylic acids is 2. The highest BCUT2D eigenvalue weighted by atomic mass is 32.2. The van der Waals surface area contributed by atoms with Crippen molar-refractivity contribution < 1.29 is 9.59 Å². The van der Waals surface area contributed by atoms with Crippen LogP contribution >= 0.6 is 11.8 Å². The lowest BCUT2D eigenvalue weighted by atomic mass is 9.85. The molecule has 3 aliphatic heterocycles. The topological polar surface area (TPSA) is 43.9 Å². The molecule has 0 aromatic carbocycles. The molecule has 0 aromatic heterocycles. The molecule has 112 valence electrons. The van der Waals surface area contributed by atoms with E-state index in [2.05, 4.69) is 4.90 Å². The summed E-state index contributed by atoms with van der Waals surface area (Å²) in [4.78, 5) is 30.3. The van der Waals surface area contributed by atoms with Crippen LogP contribution in [0.4, 0.5) is 4.79 Å². The van der Waals surface area contributed by atoms with Gasteiger partial charge in [-0.1, -0.05) is 0 Å². The summed E-state index contributed by atoms with van der Waals surface area (Å²) < 4.78 is 0. The SMILES string of the molecule is CCN1C(=O)N(C)C(=O)C12CCN([C@H]1CCSC1)CC2. The quantitative estimate of drug-likeness (QED) is 0.719. The Morgan fingerprint density at radius 1 is 1.30 bits per heavy atom. The van der Waals surface area contributed by atoms with Crippen LogP contribution in [0.3, 0.4) is 0 Å². The number of likely N-dealkylation sites (tertiary alicyclic amines) is 1. The molecule has 3 fully saturated rings. The van der Waals surface area contributed by atoms with Gasteiger partial charge in [0.25, 0.3) is 5.91 Å². The molecule has 0 unspecified atom stereocenters. The molecule has 0 aromatic rings. The van der Waals surface area contributed by atoms with E-state index >= 15 is 0 Å². The van der Waals surface area contributed by atoms with Crippen molar-refractivity contribution in [2.45, 2.75) is 37.8 Å². The van der Waals surface area contributed by atoms with E-state index in [9.17, 15) is 9.59 Å². The first-order valence-corrected chi connectivity index (χ1v) is 8.67. The zero-order valence-corrected chi connectivity index (χ0v) is 13.1. The van der Waals surface area contributed by atoms with Crippen LogP contribution in [0.25, 0.3) is 0 Å². The van der Waals surface area contributed by atoms with Gasteiger partial charge in [-0.2, -0.15) is 11.8 Å². The second kappa shape index (κ2) is 5.22. The van der Waals surface area contributed by atoms with Crippen molar-refractivity contribution in [1.29, 1.82) is 0 Å². The zero-order chi connectivity index (χ0) is 14.3. The van der Waals surface area contributed by atoms with E-state index in [-0.39, 0.29) is 11.9 Å². The van der Waals surface area contributed by atoms with Crippen LogP contribution in [0.2, 0.25) is 0 Å². The molecule has 0 saturated carbocycles. The molecular formula is C14H23N3O2S. The normalized spacial score (nSPS) is 30.8. The zero-order valence-electron chi connectivity index (χ0n) is 12.3. The Morgan fingerprint density at radius 3 is 2.55 bits per heavy atom. The first-order valence-electron chi connectivity index (χ1n) is 7.51. The van der Waals surface area contributed by atoms with Gasteiger partial charge in [-0.15, -0.1) is 0 Å². The van der Waals surface area contributed by atoms with Gasteiger partial charge in [0.2, 0.25) is 0 Å². The van der Waals surface area contributed by atoms with Crippen LogP contribution in [0, 0.1) is 0 Å². The second-order valence-electron chi connectivity index (χ2n) is 5.98. The number of nitrogens with zero attached hydrogens (tertiary/aromatic N) is 3. The number of hydrogen-bond donors (Lipinski definition) is 0. The molecule has 5 nitrogen and oxygen atoms in total. The molecule has 3 amide bonds. The van der Waals surface area contributed by atoms with Gasteiger partial charge in [0.1, 0.15) is 5.54 Å². The van der Waals surface area contributed by atoms with Crippen molar-refractivity contribution in [3.8, 4) is 0 Å². The predicted octanol–water partition coefficient (Wildman–Crippen LogP) is 1.24. The standard InChI is InChI=1S/C14H23N3O2S/c1-3-17-13(19)15(2)12(18)14(17)5-7-16(8-6-14)11-4-9-20-10-11/h11H,3-10H2,1-2H3/t11-/m0/s1. The number of thioether (sulfide) groups is 1. The van der Waals surface area contributed by atoms with Gasteiger partial charge in [-0.05, 0) is 31.9 Å². The molecular weight excluding hydrogens is 274 g/mol. The third-order valence-corrected chi connectivity index (χ3v) is 6.25. The van der Waals surface area contributed by atoms with Gasteiger partial charge in [-0.25, -0.2) is 4.79 Å². The summed E-state index contributed by atoms with van der Waals surface area (Å²) in [5, 5.41) is 0. The van der Waals surface area contributed by atoms with E-state index in [1.165, 1.54) is 22.8 Å². The van der Waals surface area contributed by atoms with Gasteiger partial charge in [0.15, 0.2) is 0 Å². The molecule has 6 heteroatoms. The highest BCUT2D eigenvalue weighted by Crippen LogP contribution is 2.38. The lowest BCUT2D eigenvalue weighted by Crippen LogP contribution is -2.57. The summed E-state index contributed by atoms with van der Waals surface area (Å²) in [6.07, 6.45) is 2.84. The minimum absolute atomic E-state index is 0.00444. The van der Waals surface area contributed by atoms with Crippen LogP contribution in [-0.2, 0) is 4.79 Å². The largest absolute Gasteiger partial charge is 0.327 e. The van der Waals surface area contributed by atoms with E-state index in [0.29, 0.717) is 12.6 Å². The predicted molar refractivity (Wildman–Crippen MR) is 79.8 cm³/mol. The summed E-state index contributed by atoms with van der Waals surface area (Å²) in [6.45, 7) is 4.46. The molecule has 0 radical (unpaired) electrons. The van der Waals surface area contributed by atoms with Crippen molar-refractivity contribution in [2.24, 2.45) is 0 Å². The van der Waals surface area contributed by atoms with Gasteiger partial charge in [0, 0.05) is 38.5 Å². The molecule has 3 saturated heterocycles. The maximum atomic E-state index is 12.5. The average molecular weight is 297 g/mol. The fourth-order valence-electron chi connectivity index (χ4n) is 3.87. The molecule has 3 rings (SSSR count). The highest BCUT2D eigenvalue weighted by Gasteiger charge is 2.56. The monoisotopic (exact) mass is 297 g/mol. The minimum atomic E-state index is -0.553. The average Bonchev–Trinajstić information content (AvgIpc) is 3.05. The Balaban J connectivity index is 1.74. The molecule has 0 aliphatic carbocycles. The van der Waals surface area contributed by atoms with Crippen molar-refractivity contribution >= 4 is 23.7 Å². The number of amides is 3. The highest BCUT2D eigenvalue weighted by molar-refractivity contribution is 7.99. The number of hydrogen-bond acceptors (Lipinski definition) is 4. The van der Waals surface area contributed by atoms with E-state index in [4.69, 9.17) is 0 Å². The third kappa shape index (κ3) is 1.96. The van der Waals surface area contributed by atoms with Crippen LogP contribution in [0.5, 0.6) is 0 Å². The lowest BCUT2D eigenvalue weighted by molar-refractivity contribution is -0.135. The Morgan fingerprint density at radius 2 is 2.00 bits per heavy atom. The van der Waals surface area contributed by atoms with Gasteiger partial charge in [0.05, 0.1) is 0 Å². The Labute approximate surface area is 124 Å². The number of urea groups is 1. The molecule has 1 atom stereocenters. The molecule has 3 aliphatic rings. The van der Waals surface area contributed by atoms with E-state index in [1.807, 2.05) is 18.7 Å². The van der Waals surface area contributed by atoms with Gasteiger partial charge < -0.3 is 4.90 Å². The molecule has 20 heavy (non-hydrogen) atoms. The molecule has 1 spiro atoms. The summed E-state index contributed by atoms with van der Waals surface area (Å²) in [5.41, 5.74) is -0.553. The Hall–Kier alpha value is -0.750. The van der Waals surface area contributed by atoms with E-state index in [0.717, 1.165) is 25.9 Å². The summed E-state index contributed by atoms with van der Waals surface area (Å²) in [6, 6.07) is 0.555. The maximum Gasteiger partial charge on any atom is 0.327 e. The number of carbonyl (C=O) groups is 2. The van der Waals surface area contributed by atoms with E-state index < -0.39 is 5.54 Å². The number of likely N-dealkylation sites (N-methyl/N-ethyl adjacent to an activating group) is 2. The second-order valence-corrected chi connectivity index (χ2v) is 7.13. The number of rotatable bonds is 2. The van der Waals surface area contributed by atoms with Crippen LogP contribution in [-0.4, -0.2) is 76.4 Å². The summed E-state index contributed by atoms with van der Waals surface area (Å²) >= 11 is 2.02. The maximum absolute atomic E-state index is 12.5. The first-order chi connectivity index (χ1) is 9.60. The van der Waals surface area contributed by atoms with Gasteiger partial charge >= 0.3 is 6.03 Å². The van der Waals surface area contributed by atoms with Crippen molar-refractivity contribution in [1.82, 2.24) is 14.7 Å². The van der Waals surface area contributed by atoms with Crippen LogP contribution < -0.4 is 0 Å². The van der Waals surface area contributed by atoms with Crippen molar-refractivity contribution in [3.63, 3.8) is 0 Å². The van der Waals surface area contributed by atoms with Gasteiger partial charge in [-0.3, -0.25) is 14.6 Å². The Bertz CT molecular complexity index is 415. The third-order valence-electron chi connectivity index (χ3n) is 5.10. The molecule has 0 bridgehead atoms. The van der Waals surface area contributed by atoms with Crippen LogP contribution in [0.1, 0.15) is 26.2 Å². The summed E-state index contributed by atoms with van der Waals surface area (Å²) in [7, 11) is 1.61. The summed E-state index contributed by atoms with van der Waals surface area (Å²) in [5.74, 6) is 2.48. The van der Waals surface area contributed by atoms with Crippen LogP contribution in [0.15, 0.2) is 0 Å². The first kappa shape index (κ1) is 14.2. The molecule has 0 N–H and O–H groups in total. The number of imide groups is 1. The molecule has 3 heterocycles. The number of piperidine rings is 1. The minimum Gasteiger partial charge on any atom is -0.310 e. The van der Waals surface area contributed by atoms with E-state index in [1.54, 1.807) is 11.9 Å². The smallest absolute Gasteiger partial charge is 0.310 e. The Kier molecular flexibility index (Phi) is 3.71. The fraction of sp³-hybridized carbons (Fsp3) is 0.857. The fourth-order valence-corrected chi connectivity index (χ4v) is 5.12. The van der Waals surface area contributed by atoms with Crippen molar-refractivity contribution in [3.05, 3.63) is 0 Å².